The number of amides is 1. The number of methoxy groups -OCH3 is 1. The lowest BCUT2D eigenvalue weighted by Gasteiger charge is -2.28. The number of rotatable bonds is 7. The van der Waals surface area contributed by atoms with E-state index in [1.54, 1.807) is 18.5 Å². The lowest BCUT2D eigenvalue weighted by Crippen LogP contribution is -2.37. The normalized spacial score (nSPS) is 16.9. The van der Waals surface area contributed by atoms with Crippen molar-refractivity contribution in [1.29, 1.82) is 0 Å². The van der Waals surface area contributed by atoms with Crippen LogP contribution in [0.25, 0.3) is 6.08 Å². The molecule has 0 bridgehead atoms. The van der Waals surface area contributed by atoms with Gasteiger partial charge in [0.1, 0.15) is 11.5 Å². The minimum Gasteiger partial charge on any atom is -0.494 e. The molecule has 1 aliphatic carbocycles. The number of carbonyl (C=O) groups is 1. The third kappa shape index (κ3) is 4.87. The predicted molar refractivity (Wildman–Crippen MR) is 122 cm³/mol. The molecule has 1 aromatic carbocycles. The van der Waals surface area contributed by atoms with Crippen molar-refractivity contribution in [3.63, 3.8) is 0 Å². The summed E-state index contributed by atoms with van der Waals surface area (Å²) < 4.78 is 25.5. The van der Waals surface area contributed by atoms with E-state index in [1.807, 2.05) is 26.0 Å². The number of aromatic nitrogens is 3. The fourth-order valence-corrected chi connectivity index (χ4v) is 3.83. The Balaban J connectivity index is 1.43. The highest BCUT2D eigenvalue weighted by Gasteiger charge is 2.29. The number of halogens is 1. The molecule has 9 heteroatoms. The molecule has 2 aromatic heterocycles. The van der Waals surface area contributed by atoms with Crippen LogP contribution in [0.3, 0.4) is 0 Å². The van der Waals surface area contributed by atoms with Crippen molar-refractivity contribution >= 4 is 17.9 Å². The second-order valence-electron chi connectivity index (χ2n) is 8.24. The highest BCUT2D eigenvalue weighted by molar-refractivity contribution is 5.94. The van der Waals surface area contributed by atoms with Crippen molar-refractivity contribution < 1.29 is 18.3 Å². The van der Waals surface area contributed by atoms with Gasteiger partial charge in [-0.15, -0.1) is 0 Å². The number of aryl methyl sites for hydroxylation is 3. The van der Waals surface area contributed by atoms with Gasteiger partial charge in [-0.05, 0) is 49.1 Å². The number of nitrogens with one attached hydrogen (secondary N) is 2. The largest absolute Gasteiger partial charge is 0.494 e. The molecule has 1 unspecified atom stereocenters. The Bertz CT molecular complexity index is 1210. The molecule has 1 atom stereocenters. The Labute approximate surface area is 191 Å². The molecule has 1 amide bonds. The van der Waals surface area contributed by atoms with E-state index in [0.717, 1.165) is 17.0 Å². The Morgan fingerprint density at radius 3 is 2.73 bits per heavy atom. The van der Waals surface area contributed by atoms with Gasteiger partial charge in [-0.1, -0.05) is 6.08 Å². The standard InChI is InChI=1S/C24H26FN5O3/c1-14-29-18-7-8-24(2,11-20(18)33-14)30-23-27-12-15(13-28-23)5-6-16-9-17(22(31)26-3)10-19(32-4)21(16)25/h7-10,12-13H,5-6,11H2,1-4H3,(H,26,31)(H,27,28,30). The number of hydrogen-bond donors (Lipinski definition) is 2. The number of benzene rings is 1. The highest BCUT2D eigenvalue weighted by atomic mass is 19.1. The summed E-state index contributed by atoms with van der Waals surface area (Å²) in [7, 11) is 2.90. The van der Waals surface area contributed by atoms with E-state index in [4.69, 9.17) is 9.15 Å². The monoisotopic (exact) mass is 451 g/mol. The van der Waals surface area contributed by atoms with Gasteiger partial charge in [0.05, 0.1) is 12.6 Å². The SMILES string of the molecule is CNC(=O)c1cc(CCc2cnc(NC3(C)C=Cc4nc(C)oc4C3)nc2)c(F)c(OC)c1. The summed E-state index contributed by atoms with van der Waals surface area (Å²) in [6, 6.07) is 2.94. The molecule has 172 valence electrons. The molecule has 33 heavy (non-hydrogen) atoms. The van der Waals surface area contributed by atoms with Crippen LogP contribution in [0.2, 0.25) is 0 Å². The summed E-state index contributed by atoms with van der Waals surface area (Å²) >= 11 is 0. The third-order valence-corrected chi connectivity index (χ3v) is 5.58. The zero-order valence-corrected chi connectivity index (χ0v) is 19.0. The second kappa shape index (κ2) is 9.01. The first-order valence-electron chi connectivity index (χ1n) is 10.6. The van der Waals surface area contributed by atoms with Crippen LogP contribution < -0.4 is 15.4 Å². The predicted octanol–water partition coefficient (Wildman–Crippen LogP) is 3.51. The number of hydrogen-bond acceptors (Lipinski definition) is 7. The zero-order valence-electron chi connectivity index (χ0n) is 19.0. The van der Waals surface area contributed by atoms with Gasteiger partial charge in [-0.2, -0.15) is 0 Å². The summed E-state index contributed by atoms with van der Waals surface area (Å²) in [6.45, 7) is 3.87. The van der Waals surface area contributed by atoms with Gasteiger partial charge in [0.2, 0.25) is 5.95 Å². The maximum atomic E-state index is 14.7. The number of anilines is 1. The van der Waals surface area contributed by atoms with Crippen LogP contribution in [0.5, 0.6) is 5.75 Å². The minimum absolute atomic E-state index is 0.0424. The maximum absolute atomic E-state index is 14.7. The quantitative estimate of drug-likeness (QED) is 0.567. The van der Waals surface area contributed by atoms with Gasteiger partial charge in [0.15, 0.2) is 17.5 Å². The van der Waals surface area contributed by atoms with Crippen molar-refractivity contribution in [2.75, 3.05) is 19.5 Å². The lowest BCUT2D eigenvalue weighted by molar-refractivity contribution is 0.0962. The van der Waals surface area contributed by atoms with E-state index in [0.29, 0.717) is 42.2 Å². The van der Waals surface area contributed by atoms with Crippen molar-refractivity contribution in [3.05, 3.63) is 70.5 Å². The molecule has 8 nitrogen and oxygen atoms in total. The number of fused-ring (bicyclic) bond motifs is 1. The average Bonchev–Trinajstić information content (AvgIpc) is 3.17. The van der Waals surface area contributed by atoms with Crippen molar-refractivity contribution in [1.82, 2.24) is 20.3 Å². The van der Waals surface area contributed by atoms with Crippen LogP contribution in [0.4, 0.5) is 10.3 Å². The first-order chi connectivity index (χ1) is 15.8. The van der Waals surface area contributed by atoms with E-state index in [1.165, 1.54) is 20.2 Å². The second-order valence-corrected chi connectivity index (χ2v) is 8.24. The molecule has 0 fully saturated rings. The molecular formula is C24H26FN5O3. The van der Waals surface area contributed by atoms with Crippen LogP contribution >= 0.6 is 0 Å². The van der Waals surface area contributed by atoms with E-state index in [2.05, 4.69) is 25.6 Å². The Hall–Kier alpha value is -3.75. The maximum Gasteiger partial charge on any atom is 0.251 e. The van der Waals surface area contributed by atoms with Crippen LogP contribution in [0.1, 0.15) is 45.8 Å². The number of nitrogens with zero attached hydrogens (tertiary/aromatic N) is 3. The first kappa shape index (κ1) is 22.4. The molecule has 3 aromatic rings. The molecule has 0 saturated carbocycles. The molecule has 1 aliphatic rings. The van der Waals surface area contributed by atoms with Gasteiger partial charge in [-0.3, -0.25) is 4.79 Å². The fourth-order valence-electron chi connectivity index (χ4n) is 3.83. The van der Waals surface area contributed by atoms with Gasteiger partial charge in [0.25, 0.3) is 5.91 Å². The zero-order chi connectivity index (χ0) is 23.6. The van der Waals surface area contributed by atoms with Crippen molar-refractivity contribution in [3.8, 4) is 5.75 Å². The third-order valence-electron chi connectivity index (χ3n) is 5.58. The van der Waals surface area contributed by atoms with E-state index < -0.39 is 11.4 Å². The Morgan fingerprint density at radius 1 is 1.27 bits per heavy atom. The summed E-state index contributed by atoms with van der Waals surface area (Å²) in [5.41, 5.74) is 2.04. The molecule has 0 saturated heterocycles. The topological polar surface area (TPSA) is 102 Å². The van der Waals surface area contributed by atoms with Crippen LogP contribution in [0, 0.1) is 12.7 Å². The van der Waals surface area contributed by atoms with Crippen molar-refractivity contribution in [2.45, 2.75) is 38.6 Å². The van der Waals surface area contributed by atoms with Crippen LogP contribution in [0.15, 0.2) is 35.0 Å². The molecule has 0 aliphatic heterocycles. The molecule has 2 heterocycles. The van der Waals surface area contributed by atoms with Crippen LogP contribution in [-0.4, -0.2) is 40.6 Å². The molecule has 0 spiro atoms. The number of carbonyl (C=O) groups excluding carboxylic acids is 1. The highest BCUT2D eigenvalue weighted by Crippen LogP contribution is 2.28. The average molecular weight is 452 g/mol. The van der Waals surface area contributed by atoms with E-state index in [-0.39, 0.29) is 11.7 Å². The van der Waals surface area contributed by atoms with Gasteiger partial charge in [-0.25, -0.2) is 19.3 Å². The Kier molecular flexibility index (Phi) is 6.13. The summed E-state index contributed by atoms with van der Waals surface area (Å²) in [6.07, 6.45) is 8.91. The summed E-state index contributed by atoms with van der Waals surface area (Å²) in [4.78, 5) is 25.2. The van der Waals surface area contributed by atoms with E-state index >= 15 is 0 Å². The summed E-state index contributed by atoms with van der Waals surface area (Å²) in [5.74, 6) is 1.23. The lowest BCUT2D eigenvalue weighted by atomic mass is 9.90. The van der Waals surface area contributed by atoms with Gasteiger partial charge < -0.3 is 19.8 Å². The summed E-state index contributed by atoms with van der Waals surface area (Å²) in [5, 5.41) is 5.89. The minimum atomic E-state index is -0.469. The van der Waals surface area contributed by atoms with Gasteiger partial charge in [0, 0.05) is 38.3 Å². The number of ether oxygens (including phenoxy) is 1. The van der Waals surface area contributed by atoms with Crippen molar-refractivity contribution in [2.24, 2.45) is 0 Å². The van der Waals surface area contributed by atoms with Gasteiger partial charge >= 0.3 is 0 Å². The molecule has 4 rings (SSSR count). The number of oxazole rings is 1. The smallest absolute Gasteiger partial charge is 0.251 e. The molecular weight excluding hydrogens is 425 g/mol. The molecule has 0 radical (unpaired) electrons. The van der Waals surface area contributed by atoms with E-state index in [9.17, 15) is 9.18 Å². The fraction of sp³-hybridized carbons (Fsp3) is 0.333. The molecule has 2 N–H and O–H groups in total. The van der Waals surface area contributed by atoms with Crippen LogP contribution in [-0.2, 0) is 19.3 Å². The Morgan fingerprint density at radius 2 is 2.03 bits per heavy atom. The first-order valence-corrected chi connectivity index (χ1v) is 10.6.